The van der Waals surface area contributed by atoms with Crippen molar-refractivity contribution < 1.29 is 14.5 Å². The second kappa shape index (κ2) is 6.50. The van der Waals surface area contributed by atoms with Crippen molar-refractivity contribution in [3.8, 4) is 0 Å². The number of carbonyl (C=O) groups is 2. The molecule has 0 radical (unpaired) electrons. The van der Waals surface area contributed by atoms with Crippen LogP contribution in [0.25, 0.3) is 0 Å². The van der Waals surface area contributed by atoms with Crippen LogP contribution in [0.1, 0.15) is 30.6 Å². The number of anilines is 1. The minimum absolute atomic E-state index is 0.0320. The molecule has 0 heterocycles. The SMILES string of the molecule is CC(C)CC(=O)NNC(=O)c1ccc(N)c([N+](=O)[O-])c1. The van der Waals surface area contributed by atoms with Gasteiger partial charge in [-0.15, -0.1) is 0 Å². The lowest BCUT2D eigenvalue weighted by molar-refractivity contribution is -0.383. The quantitative estimate of drug-likeness (QED) is 0.430. The molecule has 2 amide bonds. The third kappa shape index (κ3) is 4.23. The first-order valence-electron chi connectivity index (χ1n) is 5.94. The predicted octanol–water partition coefficient (Wildman–Crippen LogP) is 0.984. The van der Waals surface area contributed by atoms with Gasteiger partial charge in [0.25, 0.3) is 11.6 Å². The summed E-state index contributed by atoms with van der Waals surface area (Å²) in [6.45, 7) is 3.73. The number of nitrogens with two attached hydrogens (primary N) is 1. The molecular formula is C12H16N4O4. The molecule has 0 aliphatic heterocycles. The molecule has 20 heavy (non-hydrogen) atoms. The topological polar surface area (TPSA) is 127 Å². The van der Waals surface area contributed by atoms with Crippen molar-refractivity contribution in [1.29, 1.82) is 0 Å². The van der Waals surface area contributed by atoms with E-state index < -0.39 is 10.8 Å². The highest BCUT2D eigenvalue weighted by atomic mass is 16.6. The highest BCUT2D eigenvalue weighted by molar-refractivity contribution is 5.96. The molecule has 1 rings (SSSR count). The van der Waals surface area contributed by atoms with Gasteiger partial charge in [-0.05, 0) is 18.1 Å². The zero-order chi connectivity index (χ0) is 15.3. The van der Waals surface area contributed by atoms with Crippen molar-refractivity contribution in [2.75, 3.05) is 5.73 Å². The molecule has 1 aromatic carbocycles. The van der Waals surface area contributed by atoms with Crippen molar-refractivity contribution in [3.63, 3.8) is 0 Å². The maximum absolute atomic E-state index is 11.7. The van der Waals surface area contributed by atoms with Crippen molar-refractivity contribution in [1.82, 2.24) is 10.9 Å². The number of hydrogen-bond acceptors (Lipinski definition) is 5. The van der Waals surface area contributed by atoms with Crippen LogP contribution in [-0.4, -0.2) is 16.7 Å². The van der Waals surface area contributed by atoms with Gasteiger partial charge in [-0.1, -0.05) is 13.8 Å². The van der Waals surface area contributed by atoms with E-state index in [9.17, 15) is 19.7 Å². The molecular weight excluding hydrogens is 264 g/mol. The Morgan fingerprint density at radius 3 is 2.55 bits per heavy atom. The average Bonchev–Trinajstić information content (AvgIpc) is 2.35. The summed E-state index contributed by atoms with van der Waals surface area (Å²) in [5, 5.41) is 10.7. The fourth-order valence-corrected chi connectivity index (χ4v) is 1.46. The van der Waals surface area contributed by atoms with Gasteiger partial charge in [0.2, 0.25) is 5.91 Å². The van der Waals surface area contributed by atoms with Gasteiger partial charge in [-0.3, -0.25) is 30.6 Å². The van der Waals surface area contributed by atoms with Gasteiger partial charge in [0.05, 0.1) is 4.92 Å². The maximum Gasteiger partial charge on any atom is 0.292 e. The van der Waals surface area contributed by atoms with Crippen molar-refractivity contribution >= 4 is 23.2 Å². The summed E-state index contributed by atoms with van der Waals surface area (Å²) >= 11 is 0. The minimum Gasteiger partial charge on any atom is -0.393 e. The number of nitrogens with zero attached hydrogens (tertiary/aromatic N) is 1. The van der Waals surface area contributed by atoms with Crippen LogP contribution in [0.5, 0.6) is 0 Å². The molecule has 0 spiro atoms. The predicted molar refractivity (Wildman–Crippen MR) is 72.6 cm³/mol. The smallest absolute Gasteiger partial charge is 0.292 e. The van der Waals surface area contributed by atoms with Gasteiger partial charge < -0.3 is 5.73 Å². The zero-order valence-corrected chi connectivity index (χ0v) is 11.2. The van der Waals surface area contributed by atoms with E-state index in [4.69, 9.17) is 5.73 Å². The normalized spacial score (nSPS) is 10.2. The van der Waals surface area contributed by atoms with Gasteiger partial charge in [0.1, 0.15) is 5.69 Å². The number of rotatable bonds is 4. The number of nitro groups is 1. The number of amides is 2. The Kier molecular flexibility index (Phi) is 5.01. The third-order valence-corrected chi connectivity index (χ3v) is 2.40. The number of nitrogen functional groups attached to an aromatic ring is 1. The van der Waals surface area contributed by atoms with E-state index in [0.29, 0.717) is 0 Å². The van der Waals surface area contributed by atoms with Gasteiger partial charge in [-0.2, -0.15) is 0 Å². The molecule has 0 aliphatic carbocycles. The van der Waals surface area contributed by atoms with Gasteiger partial charge in [-0.25, -0.2) is 0 Å². The van der Waals surface area contributed by atoms with Crippen molar-refractivity contribution in [2.45, 2.75) is 20.3 Å². The van der Waals surface area contributed by atoms with Crippen LogP contribution in [0.15, 0.2) is 18.2 Å². The van der Waals surface area contributed by atoms with E-state index in [1.54, 1.807) is 0 Å². The van der Waals surface area contributed by atoms with Crippen LogP contribution < -0.4 is 16.6 Å². The Morgan fingerprint density at radius 2 is 2.00 bits per heavy atom. The molecule has 0 unspecified atom stereocenters. The van der Waals surface area contributed by atoms with Gasteiger partial charge in [0.15, 0.2) is 0 Å². The van der Waals surface area contributed by atoms with Crippen LogP contribution in [0.3, 0.4) is 0 Å². The fourth-order valence-electron chi connectivity index (χ4n) is 1.46. The molecule has 0 fully saturated rings. The maximum atomic E-state index is 11.7. The van der Waals surface area contributed by atoms with Crippen LogP contribution in [0, 0.1) is 16.0 Å². The molecule has 0 bridgehead atoms. The Hall–Kier alpha value is -2.64. The van der Waals surface area contributed by atoms with Crippen molar-refractivity contribution in [3.05, 3.63) is 33.9 Å². The van der Waals surface area contributed by atoms with Crippen LogP contribution in [0.2, 0.25) is 0 Å². The standard InChI is InChI=1S/C12H16N4O4/c1-7(2)5-11(17)14-15-12(18)8-3-4-9(13)10(6-8)16(19)20/h3-4,6-7H,5,13H2,1-2H3,(H,14,17)(H,15,18). The molecule has 8 nitrogen and oxygen atoms in total. The number of hydrogen-bond donors (Lipinski definition) is 3. The van der Waals surface area contributed by atoms with Crippen LogP contribution in [0.4, 0.5) is 11.4 Å². The first-order valence-corrected chi connectivity index (χ1v) is 5.94. The summed E-state index contributed by atoms with van der Waals surface area (Å²) < 4.78 is 0. The van der Waals surface area contributed by atoms with E-state index >= 15 is 0 Å². The highest BCUT2D eigenvalue weighted by Crippen LogP contribution is 2.22. The van der Waals surface area contributed by atoms with E-state index in [2.05, 4.69) is 10.9 Å². The lowest BCUT2D eigenvalue weighted by Crippen LogP contribution is -2.42. The molecule has 1 aromatic rings. The molecule has 8 heteroatoms. The molecule has 0 atom stereocenters. The summed E-state index contributed by atoms with van der Waals surface area (Å²) in [6.07, 6.45) is 0.266. The first-order chi connectivity index (χ1) is 9.31. The second-order valence-corrected chi connectivity index (χ2v) is 4.63. The van der Waals surface area contributed by atoms with E-state index in [1.807, 2.05) is 13.8 Å². The molecule has 0 aliphatic rings. The summed E-state index contributed by atoms with van der Waals surface area (Å²) in [6, 6.07) is 3.66. The Morgan fingerprint density at radius 1 is 1.35 bits per heavy atom. The molecule has 0 saturated heterocycles. The van der Waals surface area contributed by atoms with E-state index in [0.717, 1.165) is 6.07 Å². The largest absolute Gasteiger partial charge is 0.393 e. The highest BCUT2D eigenvalue weighted by Gasteiger charge is 2.16. The van der Waals surface area contributed by atoms with E-state index in [1.165, 1.54) is 12.1 Å². The number of carbonyl (C=O) groups excluding carboxylic acids is 2. The summed E-state index contributed by atoms with van der Waals surface area (Å²) in [4.78, 5) is 33.1. The lowest BCUT2D eigenvalue weighted by Gasteiger charge is -2.09. The van der Waals surface area contributed by atoms with Gasteiger partial charge >= 0.3 is 0 Å². The van der Waals surface area contributed by atoms with E-state index in [-0.39, 0.29) is 35.2 Å². The Labute approximate surface area is 115 Å². The summed E-state index contributed by atoms with van der Waals surface area (Å²) in [5.74, 6) is -0.826. The molecule has 0 saturated carbocycles. The number of nitrogens with one attached hydrogen (secondary N) is 2. The minimum atomic E-state index is -0.677. The van der Waals surface area contributed by atoms with Crippen LogP contribution in [-0.2, 0) is 4.79 Å². The average molecular weight is 280 g/mol. The zero-order valence-electron chi connectivity index (χ0n) is 11.2. The fraction of sp³-hybridized carbons (Fsp3) is 0.333. The van der Waals surface area contributed by atoms with Gasteiger partial charge in [0, 0.05) is 18.1 Å². The lowest BCUT2D eigenvalue weighted by atomic mass is 10.1. The Balaban J connectivity index is 2.71. The van der Waals surface area contributed by atoms with Crippen molar-refractivity contribution in [2.24, 2.45) is 5.92 Å². The number of hydrazine groups is 1. The first kappa shape index (κ1) is 15.4. The van der Waals surface area contributed by atoms with Crippen LogP contribution >= 0.6 is 0 Å². The number of nitro benzene ring substituents is 1. The summed E-state index contributed by atoms with van der Waals surface area (Å²) in [5.41, 5.74) is 9.50. The third-order valence-electron chi connectivity index (χ3n) is 2.40. The summed E-state index contributed by atoms with van der Waals surface area (Å²) in [7, 11) is 0. The molecule has 108 valence electrons. The molecule has 4 N–H and O–H groups in total. The monoisotopic (exact) mass is 280 g/mol. The number of benzene rings is 1. The Bertz CT molecular complexity index is 542. The molecule has 0 aromatic heterocycles. The second-order valence-electron chi connectivity index (χ2n) is 4.63.